The molecule has 0 bridgehead atoms. The van der Waals surface area contributed by atoms with Gasteiger partial charge in [-0.3, -0.25) is 4.68 Å². The van der Waals surface area contributed by atoms with Crippen LogP contribution >= 0.6 is 23.8 Å². The summed E-state index contributed by atoms with van der Waals surface area (Å²) in [5.74, 6) is 0.702. The molecule has 0 aliphatic carbocycles. The van der Waals surface area contributed by atoms with Crippen LogP contribution in [0.25, 0.3) is 0 Å². The van der Waals surface area contributed by atoms with E-state index in [2.05, 4.69) is 15.7 Å². The number of aryl methyl sites for hydroxylation is 2. The third-order valence-electron chi connectivity index (χ3n) is 2.38. The molecule has 0 aliphatic heterocycles. The van der Waals surface area contributed by atoms with E-state index in [9.17, 15) is 0 Å². The minimum atomic E-state index is 0.480. The van der Waals surface area contributed by atoms with E-state index >= 15 is 0 Å². The van der Waals surface area contributed by atoms with Gasteiger partial charge in [0.1, 0.15) is 0 Å². The second kappa shape index (κ2) is 5.37. The first-order valence-electron chi connectivity index (χ1n) is 5.38. The van der Waals surface area contributed by atoms with Gasteiger partial charge in [0.15, 0.2) is 10.9 Å². The van der Waals surface area contributed by atoms with Gasteiger partial charge in [0, 0.05) is 30.0 Å². The van der Waals surface area contributed by atoms with Crippen molar-refractivity contribution in [3.8, 4) is 0 Å². The largest absolute Gasteiger partial charge is 0.332 e. The molecule has 2 N–H and O–H groups in total. The Kier molecular flexibility index (Phi) is 3.84. The van der Waals surface area contributed by atoms with E-state index in [1.165, 1.54) is 0 Å². The average Bonchev–Trinajstić information content (AvgIpc) is 2.69. The van der Waals surface area contributed by atoms with Crippen LogP contribution in [0.3, 0.4) is 0 Å². The summed E-state index contributed by atoms with van der Waals surface area (Å²) in [6, 6.07) is 7.54. The second-order valence-electron chi connectivity index (χ2n) is 3.92. The average molecular weight is 281 g/mol. The Morgan fingerprint density at radius 1 is 1.33 bits per heavy atom. The van der Waals surface area contributed by atoms with Crippen molar-refractivity contribution in [1.29, 1.82) is 0 Å². The van der Waals surface area contributed by atoms with Gasteiger partial charge < -0.3 is 10.6 Å². The van der Waals surface area contributed by atoms with Gasteiger partial charge in [0.05, 0.1) is 0 Å². The van der Waals surface area contributed by atoms with Crippen molar-refractivity contribution >= 4 is 40.4 Å². The van der Waals surface area contributed by atoms with Crippen LogP contribution in [0.15, 0.2) is 30.5 Å². The number of hydrogen-bond acceptors (Lipinski definition) is 2. The molecule has 94 valence electrons. The smallest absolute Gasteiger partial charge is 0.176 e. The SMILES string of the molecule is Cc1ccc(NC(=S)Nc2ccn(C)n2)cc1Cl. The van der Waals surface area contributed by atoms with Crippen LogP contribution in [0.4, 0.5) is 11.5 Å². The highest BCUT2D eigenvalue weighted by molar-refractivity contribution is 7.80. The first kappa shape index (κ1) is 12.9. The van der Waals surface area contributed by atoms with Crippen molar-refractivity contribution < 1.29 is 0 Å². The number of thiocarbonyl (C=S) groups is 1. The van der Waals surface area contributed by atoms with Gasteiger partial charge in [-0.15, -0.1) is 0 Å². The van der Waals surface area contributed by atoms with Crippen LogP contribution in [0.1, 0.15) is 5.56 Å². The van der Waals surface area contributed by atoms with E-state index in [0.717, 1.165) is 11.3 Å². The molecule has 0 atom stereocenters. The Bertz CT molecular complexity index is 579. The molecule has 0 radical (unpaired) electrons. The molecule has 0 saturated heterocycles. The fourth-order valence-electron chi connectivity index (χ4n) is 1.43. The van der Waals surface area contributed by atoms with Crippen LogP contribution in [0.5, 0.6) is 0 Å². The maximum atomic E-state index is 6.04. The van der Waals surface area contributed by atoms with E-state index in [1.54, 1.807) is 4.68 Å². The molecule has 6 heteroatoms. The summed E-state index contributed by atoms with van der Waals surface area (Å²) in [6.07, 6.45) is 1.84. The molecule has 0 amide bonds. The molecular formula is C12H13ClN4S. The molecular weight excluding hydrogens is 268 g/mol. The molecule has 2 aromatic rings. The van der Waals surface area contributed by atoms with Crippen molar-refractivity contribution in [3.05, 3.63) is 41.0 Å². The minimum absolute atomic E-state index is 0.480. The van der Waals surface area contributed by atoms with Crippen molar-refractivity contribution in [3.63, 3.8) is 0 Å². The van der Waals surface area contributed by atoms with Crippen molar-refractivity contribution in [1.82, 2.24) is 9.78 Å². The zero-order valence-corrected chi connectivity index (χ0v) is 11.6. The molecule has 0 aliphatic rings. The standard InChI is InChI=1S/C12H13ClN4S/c1-8-3-4-9(7-10(8)13)14-12(18)15-11-5-6-17(2)16-11/h3-7H,1-2H3,(H2,14,15,16,18). The van der Waals surface area contributed by atoms with Crippen molar-refractivity contribution in [2.75, 3.05) is 10.6 Å². The Morgan fingerprint density at radius 2 is 2.11 bits per heavy atom. The summed E-state index contributed by atoms with van der Waals surface area (Å²) >= 11 is 11.2. The summed E-state index contributed by atoms with van der Waals surface area (Å²) in [5.41, 5.74) is 1.88. The lowest BCUT2D eigenvalue weighted by atomic mass is 10.2. The van der Waals surface area contributed by atoms with E-state index in [4.69, 9.17) is 23.8 Å². The zero-order chi connectivity index (χ0) is 13.1. The van der Waals surface area contributed by atoms with Gasteiger partial charge in [0.2, 0.25) is 0 Å². The predicted octanol–water partition coefficient (Wildman–Crippen LogP) is 3.19. The van der Waals surface area contributed by atoms with E-state index in [1.807, 2.05) is 44.4 Å². The molecule has 0 saturated carbocycles. The van der Waals surface area contributed by atoms with Crippen molar-refractivity contribution in [2.24, 2.45) is 7.05 Å². The maximum absolute atomic E-state index is 6.04. The summed E-state index contributed by atoms with van der Waals surface area (Å²) in [4.78, 5) is 0. The topological polar surface area (TPSA) is 41.9 Å². The molecule has 1 heterocycles. The number of benzene rings is 1. The highest BCUT2D eigenvalue weighted by Crippen LogP contribution is 2.20. The van der Waals surface area contributed by atoms with Gasteiger partial charge in [-0.2, -0.15) is 5.10 Å². The van der Waals surface area contributed by atoms with E-state index in [-0.39, 0.29) is 0 Å². The maximum Gasteiger partial charge on any atom is 0.176 e. The van der Waals surface area contributed by atoms with Crippen LogP contribution in [0.2, 0.25) is 5.02 Å². The number of halogens is 1. The number of anilines is 2. The number of nitrogens with one attached hydrogen (secondary N) is 2. The lowest BCUT2D eigenvalue weighted by Crippen LogP contribution is -2.19. The molecule has 4 nitrogen and oxygen atoms in total. The Balaban J connectivity index is 2.00. The Labute approximate surface area is 116 Å². The fourth-order valence-corrected chi connectivity index (χ4v) is 1.83. The first-order valence-corrected chi connectivity index (χ1v) is 6.17. The third kappa shape index (κ3) is 3.21. The monoisotopic (exact) mass is 280 g/mol. The Hall–Kier alpha value is -1.59. The zero-order valence-electron chi connectivity index (χ0n) is 10.1. The van der Waals surface area contributed by atoms with Gasteiger partial charge in [-0.25, -0.2) is 0 Å². The summed E-state index contributed by atoms with van der Waals surface area (Å²) in [5, 5.41) is 11.4. The normalized spacial score (nSPS) is 10.2. The summed E-state index contributed by atoms with van der Waals surface area (Å²) < 4.78 is 1.70. The molecule has 0 fully saturated rings. The number of hydrogen-bond donors (Lipinski definition) is 2. The van der Waals surface area contributed by atoms with Crippen LogP contribution in [-0.4, -0.2) is 14.9 Å². The lowest BCUT2D eigenvalue weighted by Gasteiger charge is -2.09. The van der Waals surface area contributed by atoms with Gasteiger partial charge in [-0.05, 0) is 36.8 Å². The van der Waals surface area contributed by atoms with Crippen molar-refractivity contribution in [2.45, 2.75) is 6.92 Å². The highest BCUT2D eigenvalue weighted by atomic mass is 35.5. The number of rotatable bonds is 2. The molecule has 0 unspecified atom stereocenters. The molecule has 18 heavy (non-hydrogen) atoms. The van der Waals surface area contributed by atoms with Gasteiger partial charge in [0.25, 0.3) is 0 Å². The Morgan fingerprint density at radius 3 is 2.72 bits per heavy atom. The molecule has 0 spiro atoms. The second-order valence-corrected chi connectivity index (χ2v) is 4.73. The molecule has 1 aromatic heterocycles. The van der Waals surface area contributed by atoms with Crippen LogP contribution in [-0.2, 0) is 7.05 Å². The fraction of sp³-hybridized carbons (Fsp3) is 0.167. The van der Waals surface area contributed by atoms with E-state index < -0.39 is 0 Å². The predicted molar refractivity (Wildman–Crippen MR) is 79.2 cm³/mol. The van der Waals surface area contributed by atoms with Crippen LogP contribution < -0.4 is 10.6 Å². The van der Waals surface area contributed by atoms with Crippen LogP contribution in [0, 0.1) is 6.92 Å². The highest BCUT2D eigenvalue weighted by Gasteiger charge is 2.02. The summed E-state index contributed by atoms with van der Waals surface area (Å²) in [7, 11) is 1.85. The third-order valence-corrected chi connectivity index (χ3v) is 3.00. The minimum Gasteiger partial charge on any atom is -0.332 e. The van der Waals surface area contributed by atoms with Gasteiger partial charge >= 0.3 is 0 Å². The van der Waals surface area contributed by atoms with Gasteiger partial charge in [-0.1, -0.05) is 17.7 Å². The number of aromatic nitrogens is 2. The first-order chi connectivity index (χ1) is 8.54. The molecule has 2 rings (SSSR count). The quantitative estimate of drug-likeness (QED) is 0.829. The number of nitrogens with zero attached hydrogens (tertiary/aromatic N) is 2. The van der Waals surface area contributed by atoms with E-state index in [0.29, 0.717) is 16.0 Å². The molecule has 1 aromatic carbocycles. The lowest BCUT2D eigenvalue weighted by molar-refractivity contribution is 0.772. The summed E-state index contributed by atoms with van der Waals surface area (Å²) in [6.45, 7) is 1.95.